The Balaban J connectivity index is 1.02. The molecule has 11 aliphatic carbocycles. The first-order chi connectivity index (χ1) is 37.5. The van der Waals surface area contributed by atoms with Crippen molar-refractivity contribution in [1.29, 1.82) is 0 Å². The zero-order chi connectivity index (χ0) is 54.3. The Morgan fingerprint density at radius 2 is 1.72 bits per heavy atom. The van der Waals surface area contributed by atoms with E-state index in [0.29, 0.717) is 53.9 Å². The molecule has 430 valence electrons. The summed E-state index contributed by atoms with van der Waals surface area (Å²) < 4.78 is 2.33. The molecule has 1 aromatic rings. The van der Waals surface area contributed by atoms with Crippen molar-refractivity contribution in [3.63, 3.8) is 0 Å². The first kappa shape index (κ1) is 55.0. The highest BCUT2D eigenvalue weighted by Crippen LogP contribution is 2.77. The lowest BCUT2D eigenvalue weighted by Gasteiger charge is -2.68. The van der Waals surface area contributed by atoms with Crippen molar-refractivity contribution in [2.75, 3.05) is 38.2 Å². The normalized spacial score (nSPS) is 47.4. The second-order valence-electron chi connectivity index (χ2n) is 28.8. The predicted octanol–water partition coefficient (Wildman–Crippen LogP) is 8.12. The third kappa shape index (κ3) is 8.09. The highest BCUT2D eigenvalue weighted by Gasteiger charge is 2.77. The molecule has 10 N–H and O–H groups in total. The Hall–Kier alpha value is -2.21. The number of aliphatic hydroxyl groups excluding tert-OH is 5. The molecule has 1 aromatic heterocycles. The van der Waals surface area contributed by atoms with Crippen LogP contribution >= 0.6 is 21.6 Å². The van der Waals surface area contributed by atoms with E-state index in [0.717, 1.165) is 82.3 Å². The maximum atomic E-state index is 15.9. The van der Waals surface area contributed by atoms with Crippen molar-refractivity contribution in [3.05, 3.63) is 52.7 Å². The molecule has 0 radical (unpaired) electrons. The summed E-state index contributed by atoms with van der Waals surface area (Å²) in [6.07, 6.45) is 24.4. The van der Waals surface area contributed by atoms with Gasteiger partial charge in [-0.1, -0.05) is 83.4 Å². The molecule has 8 saturated carbocycles. The van der Waals surface area contributed by atoms with Crippen molar-refractivity contribution in [1.82, 2.24) is 20.2 Å². The SMILES string of the molecule is CNCC1C(O)C(O)CC2(C3CCCCC3)C3C(=CC(=O)C12)C1(O)C2CSSCC(n4ccnc4)CC(C)(C)C4=C5CC6CCC7CCCC7(C6)C5C5=C6C(CCC5)CC(C(O)C64)C(C2)C1(CO)CC3CN=C(N)NC(C)O. The van der Waals surface area contributed by atoms with Crippen LogP contribution in [0.3, 0.4) is 0 Å². The number of rotatable bonds is 8. The molecule has 21 atom stereocenters. The van der Waals surface area contributed by atoms with E-state index in [1.165, 1.54) is 44.1 Å². The summed E-state index contributed by atoms with van der Waals surface area (Å²) in [6.45, 7) is 6.91. The molecular weight excluding hydrogens is 1020 g/mol. The number of carbonyl (C=O) groups is 1. The van der Waals surface area contributed by atoms with E-state index in [-0.39, 0.29) is 78.3 Å². The van der Waals surface area contributed by atoms with Gasteiger partial charge in [0.15, 0.2) is 11.7 Å². The van der Waals surface area contributed by atoms with Gasteiger partial charge in [0.25, 0.3) is 0 Å². The van der Waals surface area contributed by atoms with Crippen LogP contribution in [0.5, 0.6) is 0 Å². The number of ketones is 1. The molecule has 1 saturated heterocycles. The minimum Gasteiger partial charge on any atom is -0.396 e. The molecule has 12 aliphatic rings. The zero-order valence-corrected chi connectivity index (χ0v) is 48.8. The number of hydrogen-bond donors (Lipinski definition) is 9. The molecule has 21 unspecified atom stereocenters. The predicted molar refractivity (Wildman–Crippen MR) is 307 cm³/mol. The Bertz CT molecular complexity index is 2580. The van der Waals surface area contributed by atoms with E-state index in [2.05, 4.69) is 40.2 Å². The average molecular weight is 1110 g/mol. The molecule has 0 aromatic carbocycles. The van der Waals surface area contributed by atoms with Gasteiger partial charge >= 0.3 is 0 Å². The Morgan fingerprint density at radius 3 is 2.47 bits per heavy atom. The van der Waals surface area contributed by atoms with E-state index in [1.54, 1.807) is 29.7 Å². The summed E-state index contributed by atoms with van der Waals surface area (Å²) in [5.41, 5.74) is 10.3. The number of hydrogen-bond acceptors (Lipinski definition) is 12. The minimum absolute atomic E-state index is 0.0385. The van der Waals surface area contributed by atoms with Crippen molar-refractivity contribution in [3.8, 4) is 0 Å². The third-order valence-electron chi connectivity index (χ3n) is 25.1. The molecule has 1 aliphatic heterocycles. The highest BCUT2D eigenvalue weighted by molar-refractivity contribution is 8.76. The number of aromatic nitrogens is 2. The number of fused-ring (bicyclic) bond motifs is 14. The van der Waals surface area contributed by atoms with Crippen LogP contribution in [0.1, 0.15) is 155 Å². The third-order valence-corrected chi connectivity index (χ3v) is 27.6. The summed E-state index contributed by atoms with van der Waals surface area (Å²) in [7, 11) is 5.54. The van der Waals surface area contributed by atoms with Gasteiger partial charge in [0.1, 0.15) is 6.23 Å². The maximum absolute atomic E-state index is 15.9. The van der Waals surface area contributed by atoms with Crippen molar-refractivity contribution in [2.24, 2.45) is 109 Å². The van der Waals surface area contributed by atoms with Crippen LogP contribution in [0.25, 0.3) is 0 Å². The molecule has 13 nitrogen and oxygen atoms in total. The fraction of sp³-hybridized carbons (Fsp3) is 0.825. The van der Waals surface area contributed by atoms with Gasteiger partial charge in [0, 0.05) is 78.0 Å². The van der Waals surface area contributed by atoms with Gasteiger partial charge in [-0.15, -0.1) is 0 Å². The monoisotopic (exact) mass is 1110 g/mol. The molecule has 78 heavy (non-hydrogen) atoms. The molecule has 15 heteroatoms. The number of imidazole rings is 1. The van der Waals surface area contributed by atoms with E-state index < -0.39 is 58.7 Å². The van der Waals surface area contributed by atoms with Crippen LogP contribution in [-0.4, -0.2) is 120 Å². The molecular formula is C63H94N6O7S2. The molecule has 9 fully saturated rings. The second kappa shape index (κ2) is 20.5. The fourth-order valence-corrected chi connectivity index (χ4v) is 25.7. The molecule has 6 bridgehead atoms. The van der Waals surface area contributed by atoms with Gasteiger partial charge in [-0.2, -0.15) is 0 Å². The topological polar surface area (TPSA) is 219 Å². The number of allylic oxidation sites excluding steroid dienone is 3. The van der Waals surface area contributed by atoms with Gasteiger partial charge in [-0.25, -0.2) is 4.98 Å². The summed E-state index contributed by atoms with van der Waals surface area (Å²) >= 11 is 0. The molecule has 13 rings (SSSR count). The van der Waals surface area contributed by atoms with Crippen molar-refractivity contribution in [2.45, 2.75) is 185 Å². The summed E-state index contributed by atoms with van der Waals surface area (Å²) in [5.74, 6) is 0.774. The Morgan fingerprint density at radius 1 is 0.923 bits per heavy atom. The first-order valence-corrected chi connectivity index (χ1v) is 33.7. The number of aliphatic hydroxyl groups is 6. The van der Waals surface area contributed by atoms with Crippen molar-refractivity contribution < 1.29 is 35.4 Å². The van der Waals surface area contributed by atoms with E-state index in [4.69, 9.17) is 10.7 Å². The quantitative estimate of drug-likeness (QED) is 0.0396. The Kier molecular flexibility index (Phi) is 14.5. The van der Waals surface area contributed by atoms with Gasteiger partial charge in [-0.05, 0) is 192 Å². The second-order valence-corrected chi connectivity index (χ2v) is 31.4. The largest absolute Gasteiger partial charge is 0.396 e. The van der Waals surface area contributed by atoms with Crippen LogP contribution in [0.4, 0.5) is 0 Å². The lowest BCUT2D eigenvalue weighted by Crippen LogP contribution is -2.71. The van der Waals surface area contributed by atoms with Crippen LogP contribution in [-0.2, 0) is 4.79 Å². The summed E-state index contributed by atoms with van der Waals surface area (Å²) in [6, 6.07) is 0.140. The molecule has 2 heterocycles. The highest BCUT2D eigenvalue weighted by atomic mass is 33.1. The average Bonchev–Trinajstić information content (AvgIpc) is 2.30. The van der Waals surface area contributed by atoms with Crippen LogP contribution in [0, 0.1) is 98.6 Å². The van der Waals surface area contributed by atoms with Gasteiger partial charge in [0.05, 0.1) is 36.8 Å². The Labute approximate surface area is 472 Å². The number of nitrogens with one attached hydrogen (secondary N) is 2. The number of guanidine groups is 1. The van der Waals surface area contributed by atoms with E-state index in [9.17, 15) is 25.5 Å². The first-order valence-electron chi connectivity index (χ1n) is 31.2. The van der Waals surface area contributed by atoms with E-state index >= 15 is 9.90 Å². The summed E-state index contributed by atoms with van der Waals surface area (Å²) in [4.78, 5) is 25.5. The minimum atomic E-state index is -1.64. The number of nitrogens with zero attached hydrogens (tertiary/aromatic N) is 3. The van der Waals surface area contributed by atoms with Gasteiger partial charge in [0.2, 0.25) is 0 Å². The van der Waals surface area contributed by atoms with Crippen LogP contribution < -0.4 is 16.4 Å². The smallest absolute Gasteiger partial charge is 0.190 e. The zero-order valence-electron chi connectivity index (χ0n) is 47.2. The lowest BCUT2D eigenvalue weighted by molar-refractivity contribution is -0.212. The van der Waals surface area contributed by atoms with Gasteiger partial charge < -0.3 is 51.6 Å². The maximum Gasteiger partial charge on any atom is 0.190 e. The molecule has 0 amide bonds. The van der Waals surface area contributed by atoms with E-state index in [1.807, 2.05) is 41.2 Å². The summed E-state index contributed by atoms with van der Waals surface area (Å²) in [5, 5.41) is 83.2. The fourth-order valence-electron chi connectivity index (χ4n) is 23.0. The van der Waals surface area contributed by atoms with Gasteiger partial charge in [-0.3, -0.25) is 9.79 Å². The lowest BCUT2D eigenvalue weighted by atomic mass is 9.37. The number of nitrogens with two attached hydrogens (primary N) is 1. The number of aliphatic imine (C=N–C) groups is 1. The number of carbonyl (C=O) groups excluding carboxylic acids is 1. The standard InChI is InChI=1S/C63H94N6O7S2/c1-34(71)68-58(64)67-28-37-25-61(32-70)46-22-40(63(61,76)47-23-48(72)54-45(29-65-4)56(74)49(73)27-62(54,52(37)47)39-11-6-5-7-12-39)30-77-78-31-41(69-19-18-66-33-69)26-59(2,3)55-44-20-35-15-16-38-13-9-17-60(38,24-35)53(44)42-14-8-10-36-21-43(46)57(75)51(55)50(36)42/h18-19,23,33-41,43,45-46,49,51-54,56-57,65,70-71,73-76H,5-17,20-22,24-32H2,1-4H3,(H3,64,67,68). The van der Waals surface area contributed by atoms with Crippen LogP contribution in [0.2, 0.25) is 0 Å². The van der Waals surface area contributed by atoms with Crippen LogP contribution in [0.15, 0.2) is 57.7 Å². The molecule has 1 spiro atoms. The van der Waals surface area contributed by atoms with Crippen molar-refractivity contribution >= 4 is 33.3 Å².